The molecule has 4 nitrogen and oxygen atoms in total. The van der Waals surface area contributed by atoms with Crippen LogP contribution >= 0.6 is 11.6 Å². The molecule has 0 aromatic heterocycles. The van der Waals surface area contributed by atoms with E-state index in [0.717, 1.165) is 25.7 Å². The Labute approximate surface area is 130 Å². The molecule has 2 amide bonds. The van der Waals surface area contributed by atoms with E-state index in [4.69, 9.17) is 11.6 Å². The number of benzene rings is 1. The number of para-hydroxylation sites is 1. The summed E-state index contributed by atoms with van der Waals surface area (Å²) in [5.41, 5.74) is 0.558. The molecule has 1 aromatic rings. The second kappa shape index (κ2) is 7.46. The van der Waals surface area contributed by atoms with Crippen molar-refractivity contribution in [3.63, 3.8) is 0 Å². The van der Waals surface area contributed by atoms with Gasteiger partial charge in [-0.3, -0.25) is 9.59 Å². The van der Waals surface area contributed by atoms with Crippen LogP contribution in [0.3, 0.4) is 0 Å². The molecular formula is C16H21ClN2O2. The molecule has 2 N–H and O–H groups in total. The lowest BCUT2D eigenvalue weighted by atomic mass is 9.88. The number of nitrogens with one attached hydrogen (secondary N) is 2. The molecule has 0 heterocycles. The van der Waals surface area contributed by atoms with Crippen LogP contribution in [-0.2, 0) is 9.59 Å². The number of carbonyl (C=O) groups is 2. The van der Waals surface area contributed by atoms with Gasteiger partial charge in [-0.1, -0.05) is 43.0 Å². The Hall–Kier alpha value is -1.55. The lowest BCUT2D eigenvalue weighted by Gasteiger charge is -2.23. The van der Waals surface area contributed by atoms with Crippen LogP contribution in [0.15, 0.2) is 24.3 Å². The fourth-order valence-corrected chi connectivity index (χ4v) is 2.75. The zero-order valence-electron chi connectivity index (χ0n) is 12.2. The Kier molecular flexibility index (Phi) is 5.62. The Morgan fingerprint density at radius 2 is 1.86 bits per heavy atom. The van der Waals surface area contributed by atoms with Crippen molar-refractivity contribution in [3.8, 4) is 0 Å². The highest BCUT2D eigenvalue weighted by Crippen LogP contribution is 2.24. The summed E-state index contributed by atoms with van der Waals surface area (Å²) in [7, 11) is 0. The van der Waals surface area contributed by atoms with Crippen molar-refractivity contribution in [2.45, 2.75) is 45.1 Å². The average Bonchev–Trinajstić information content (AvgIpc) is 2.50. The second-order valence-electron chi connectivity index (χ2n) is 5.53. The van der Waals surface area contributed by atoms with Crippen LogP contribution in [0.4, 0.5) is 5.69 Å². The topological polar surface area (TPSA) is 58.2 Å². The third-order valence-electron chi connectivity index (χ3n) is 3.86. The van der Waals surface area contributed by atoms with Crippen molar-refractivity contribution in [2.24, 2.45) is 5.92 Å². The molecule has 1 aliphatic carbocycles. The summed E-state index contributed by atoms with van der Waals surface area (Å²) in [5, 5.41) is 6.01. The number of amides is 2. The Bertz CT molecular complexity index is 513. The minimum Gasteiger partial charge on any atom is -0.344 e. The van der Waals surface area contributed by atoms with Gasteiger partial charge in [-0.15, -0.1) is 0 Å². The van der Waals surface area contributed by atoms with E-state index in [-0.39, 0.29) is 17.7 Å². The molecule has 114 valence electrons. The van der Waals surface area contributed by atoms with E-state index in [0.29, 0.717) is 10.7 Å². The van der Waals surface area contributed by atoms with Gasteiger partial charge in [0.1, 0.15) is 6.04 Å². The first-order valence-corrected chi connectivity index (χ1v) is 7.81. The zero-order valence-corrected chi connectivity index (χ0v) is 13.0. The number of hydrogen-bond donors (Lipinski definition) is 2. The molecule has 1 aliphatic rings. The summed E-state index contributed by atoms with van der Waals surface area (Å²) in [6.45, 7) is 1.69. The van der Waals surface area contributed by atoms with Gasteiger partial charge in [-0.2, -0.15) is 0 Å². The highest BCUT2D eigenvalue weighted by molar-refractivity contribution is 6.33. The van der Waals surface area contributed by atoms with Crippen molar-refractivity contribution < 1.29 is 9.59 Å². The molecule has 1 fully saturated rings. The van der Waals surface area contributed by atoms with Crippen LogP contribution < -0.4 is 10.6 Å². The molecular weight excluding hydrogens is 288 g/mol. The van der Waals surface area contributed by atoms with E-state index in [1.54, 1.807) is 31.2 Å². The predicted octanol–water partition coefficient (Wildman–Crippen LogP) is 3.36. The largest absolute Gasteiger partial charge is 0.344 e. The van der Waals surface area contributed by atoms with Gasteiger partial charge in [0, 0.05) is 5.92 Å². The van der Waals surface area contributed by atoms with Gasteiger partial charge in [0.2, 0.25) is 11.8 Å². The maximum absolute atomic E-state index is 12.1. The van der Waals surface area contributed by atoms with Crippen LogP contribution in [0.2, 0.25) is 5.02 Å². The number of rotatable bonds is 4. The maximum Gasteiger partial charge on any atom is 0.246 e. The van der Waals surface area contributed by atoms with Gasteiger partial charge in [0.15, 0.2) is 0 Å². The monoisotopic (exact) mass is 308 g/mol. The van der Waals surface area contributed by atoms with E-state index in [1.165, 1.54) is 6.42 Å². The number of halogens is 1. The van der Waals surface area contributed by atoms with Gasteiger partial charge < -0.3 is 10.6 Å². The molecule has 2 rings (SSSR count). The summed E-state index contributed by atoms with van der Waals surface area (Å²) < 4.78 is 0. The van der Waals surface area contributed by atoms with Crippen molar-refractivity contribution in [1.29, 1.82) is 0 Å². The lowest BCUT2D eigenvalue weighted by molar-refractivity contribution is -0.129. The first-order valence-electron chi connectivity index (χ1n) is 7.43. The van der Waals surface area contributed by atoms with Crippen LogP contribution in [0.1, 0.15) is 39.0 Å². The zero-order chi connectivity index (χ0) is 15.2. The molecule has 21 heavy (non-hydrogen) atoms. The standard InChI is InChI=1S/C16H21ClN2O2/c1-11(18-16(21)12-7-3-2-4-8-12)15(20)19-14-10-6-5-9-13(14)17/h5-6,9-12H,2-4,7-8H2,1H3,(H,18,21)(H,19,20)/t11-/m1/s1. The van der Waals surface area contributed by atoms with Gasteiger partial charge in [-0.05, 0) is 31.9 Å². The third-order valence-corrected chi connectivity index (χ3v) is 4.19. The van der Waals surface area contributed by atoms with E-state index in [9.17, 15) is 9.59 Å². The summed E-state index contributed by atoms with van der Waals surface area (Å²) >= 11 is 6.00. The molecule has 0 spiro atoms. The molecule has 0 saturated heterocycles. The van der Waals surface area contributed by atoms with E-state index in [1.807, 2.05) is 0 Å². The highest BCUT2D eigenvalue weighted by atomic mass is 35.5. The Balaban J connectivity index is 1.87. The summed E-state index contributed by atoms with van der Waals surface area (Å²) in [6.07, 6.45) is 5.23. The van der Waals surface area contributed by atoms with Crippen LogP contribution in [-0.4, -0.2) is 17.9 Å². The van der Waals surface area contributed by atoms with E-state index >= 15 is 0 Å². The number of anilines is 1. The smallest absolute Gasteiger partial charge is 0.246 e. The fourth-order valence-electron chi connectivity index (χ4n) is 2.57. The second-order valence-corrected chi connectivity index (χ2v) is 5.94. The van der Waals surface area contributed by atoms with Gasteiger partial charge >= 0.3 is 0 Å². The quantitative estimate of drug-likeness (QED) is 0.896. The van der Waals surface area contributed by atoms with Crippen molar-refractivity contribution in [1.82, 2.24) is 5.32 Å². The molecule has 0 aliphatic heterocycles. The molecule has 0 radical (unpaired) electrons. The summed E-state index contributed by atoms with van der Waals surface area (Å²) in [4.78, 5) is 24.2. The minimum absolute atomic E-state index is 0.0171. The summed E-state index contributed by atoms with van der Waals surface area (Å²) in [5.74, 6) is -0.224. The van der Waals surface area contributed by atoms with Crippen LogP contribution in [0.5, 0.6) is 0 Å². The highest BCUT2D eigenvalue weighted by Gasteiger charge is 2.24. The molecule has 1 atom stereocenters. The first-order chi connectivity index (χ1) is 10.1. The van der Waals surface area contributed by atoms with Gasteiger partial charge in [0.25, 0.3) is 0 Å². The van der Waals surface area contributed by atoms with Crippen molar-refractivity contribution in [2.75, 3.05) is 5.32 Å². The number of hydrogen-bond acceptors (Lipinski definition) is 2. The average molecular weight is 309 g/mol. The molecule has 1 aromatic carbocycles. The molecule has 1 saturated carbocycles. The number of carbonyl (C=O) groups excluding carboxylic acids is 2. The van der Waals surface area contributed by atoms with Gasteiger partial charge in [-0.25, -0.2) is 0 Å². The van der Waals surface area contributed by atoms with E-state index < -0.39 is 6.04 Å². The minimum atomic E-state index is -0.573. The van der Waals surface area contributed by atoms with Crippen molar-refractivity contribution in [3.05, 3.63) is 29.3 Å². The summed E-state index contributed by atoms with van der Waals surface area (Å²) in [6, 6.07) is 6.47. The molecule has 0 unspecified atom stereocenters. The third kappa shape index (κ3) is 4.46. The fraction of sp³-hybridized carbons (Fsp3) is 0.500. The SMILES string of the molecule is C[C@@H](NC(=O)C1CCCCC1)C(=O)Nc1ccccc1Cl. The van der Waals surface area contributed by atoms with Crippen LogP contribution in [0, 0.1) is 5.92 Å². The normalized spacial score (nSPS) is 17.0. The van der Waals surface area contributed by atoms with Gasteiger partial charge in [0.05, 0.1) is 10.7 Å². The van der Waals surface area contributed by atoms with Crippen molar-refractivity contribution >= 4 is 29.1 Å². The first kappa shape index (κ1) is 15.8. The van der Waals surface area contributed by atoms with Crippen LogP contribution in [0.25, 0.3) is 0 Å². The Morgan fingerprint density at radius 3 is 2.52 bits per heavy atom. The Morgan fingerprint density at radius 1 is 1.19 bits per heavy atom. The lowest BCUT2D eigenvalue weighted by Crippen LogP contribution is -2.44. The predicted molar refractivity (Wildman–Crippen MR) is 84.3 cm³/mol. The molecule has 5 heteroatoms. The van der Waals surface area contributed by atoms with E-state index in [2.05, 4.69) is 10.6 Å². The maximum atomic E-state index is 12.1. The molecule has 0 bridgehead atoms.